The van der Waals surface area contributed by atoms with Gasteiger partial charge in [-0.05, 0) is 59.7 Å². The maximum absolute atomic E-state index is 12.0. The molecule has 0 bridgehead atoms. The van der Waals surface area contributed by atoms with E-state index in [2.05, 4.69) is 29.2 Å². The van der Waals surface area contributed by atoms with Crippen LogP contribution in [0.4, 0.5) is 0 Å². The van der Waals surface area contributed by atoms with Gasteiger partial charge in [-0.2, -0.15) is 0 Å². The Hall–Kier alpha value is -0.650. The summed E-state index contributed by atoms with van der Waals surface area (Å²) in [5.41, 5.74) is 0. The molecule has 0 aromatic carbocycles. The van der Waals surface area contributed by atoms with Gasteiger partial charge >= 0.3 is 5.97 Å². The van der Waals surface area contributed by atoms with Crippen LogP contribution in [0.5, 0.6) is 0 Å². The van der Waals surface area contributed by atoms with Crippen LogP contribution in [0.3, 0.4) is 0 Å². The van der Waals surface area contributed by atoms with Crippen LogP contribution in [0, 0.1) is 0 Å². The number of carbonyl (C=O) groups is 1. The van der Waals surface area contributed by atoms with Crippen LogP contribution in [0.25, 0.3) is 0 Å². The first-order chi connectivity index (χ1) is 10.1. The lowest BCUT2D eigenvalue weighted by atomic mass is 10.0. The van der Waals surface area contributed by atoms with Crippen molar-refractivity contribution in [3.63, 3.8) is 0 Å². The lowest BCUT2D eigenvalue weighted by Gasteiger charge is -2.36. The number of esters is 1. The summed E-state index contributed by atoms with van der Waals surface area (Å²) in [4.78, 5) is 16.8. The summed E-state index contributed by atoms with van der Waals surface area (Å²) in [6.07, 6.45) is 5.76. The Morgan fingerprint density at radius 3 is 2.81 bits per heavy atom. The highest BCUT2D eigenvalue weighted by Gasteiger charge is 2.30. The number of likely N-dealkylation sites (tertiary alicyclic amines) is 1. The van der Waals surface area contributed by atoms with E-state index in [4.69, 9.17) is 4.74 Å². The Balaban J connectivity index is 1.77. The molecule has 1 aliphatic carbocycles. The number of rotatable bonds is 8. The number of hydrogen-bond donors (Lipinski definition) is 1. The van der Waals surface area contributed by atoms with Crippen molar-refractivity contribution < 1.29 is 9.53 Å². The van der Waals surface area contributed by atoms with Crippen LogP contribution in [-0.2, 0) is 9.53 Å². The van der Waals surface area contributed by atoms with Gasteiger partial charge in [0.2, 0.25) is 0 Å². The highest BCUT2D eigenvalue weighted by atomic mass is 16.5. The number of nitrogens with zero attached hydrogens (tertiary/aromatic N) is 2. The van der Waals surface area contributed by atoms with E-state index in [1.54, 1.807) is 0 Å². The van der Waals surface area contributed by atoms with Gasteiger partial charge in [0.1, 0.15) is 6.04 Å². The number of likely N-dealkylation sites (N-methyl/N-ethyl adjacent to an activating group) is 2. The second kappa shape index (κ2) is 8.11. The minimum absolute atomic E-state index is 0.0847. The van der Waals surface area contributed by atoms with Gasteiger partial charge in [0.25, 0.3) is 0 Å². The van der Waals surface area contributed by atoms with E-state index >= 15 is 0 Å². The van der Waals surface area contributed by atoms with Crippen LogP contribution in [0.1, 0.15) is 39.0 Å². The second-order valence-corrected chi connectivity index (χ2v) is 6.57. The van der Waals surface area contributed by atoms with Gasteiger partial charge < -0.3 is 19.9 Å². The molecule has 1 saturated carbocycles. The third-order valence-electron chi connectivity index (χ3n) is 4.58. The molecule has 0 aromatic rings. The lowest BCUT2D eigenvalue weighted by Crippen LogP contribution is -2.47. The zero-order valence-electron chi connectivity index (χ0n) is 13.8. The van der Waals surface area contributed by atoms with Gasteiger partial charge in [-0.1, -0.05) is 0 Å². The SMILES string of the molecule is CCOC(=O)C(CCN(C)C1CCCN(C)C1)NC1CC1. The first kappa shape index (κ1) is 16.7. The average Bonchev–Trinajstić information content (AvgIpc) is 3.27. The van der Waals surface area contributed by atoms with Gasteiger partial charge in [0.15, 0.2) is 0 Å². The van der Waals surface area contributed by atoms with Crippen molar-refractivity contribution >= 4 is 5.97 Å². The molecule has 2 atom stereocenters. The third-order valence-corrected chi connectivity index (χ3v) is 4.58. The molecule has 1 N–H and O–H groups in total. The molecule has 5 heteroatoms. The van der Waals surface area contributed by atoms with Gasteiger partial charge in [0.05, 0.1) is 6.61 Å². The molecule has 0 aromatic heterocycles. The molecule has 2 unspecified atom stereocenters. The normalized spacial score (nSPS) is 25.0. The van der Waals surface area contributed by atoms with Gasteiger partial charge in [0, 0.05) is 25.2 Å². The number of ether oxygens (including phenoxy) is 1. The third kappa shape index (κ3) is 5.57. The van der Waals surface area contributed by atoms with Crippen molar-refractivity contribution in [1.82, 2.24) is 15.1 Å². The van der Waals surface area contributed by atoms with Crippen molar-refractivity contribution in [3.8, 4) is 0 Å². The van der Waals surface area contributed by atoms with Crippen LogP contribution in [0.2, 0.25) is 0 Å². The monoisotopic (exact) mass is 297 g/mol. The summed E-state index contributed by atoms with van der Waals surface area (Å²) < 4.78 is 5.20. The molecule has 0 radical (unpaired) electrons. The first-order valence-corrected chi connectivity index (χ1v) is 8.41. The Bertz CT molecular complexity index is 333. The predicted octanol–water partition coefficient (Wildman–Crippen LogP) is 1.09. The summed E-state index contributed by atoms with van der Waals surface area (Å²) in [7, 11) is 4.37. The summed E-state index contributed by atoms with van der Waals surface area (Å²) in [6, 6.07) is 1.01. The second-order valence-electron chi connectivity index (χ2n) is 6.57. The van der Waals surface area contributed by atoms with E-state index in [1.807, 2.05) is 6.92 Å². The van der Waals surface area contributed by atoms with Gasteiger partial charge in [-0.25, -0.2) is 0 Å². The van der Waals surface area contributed by atoms with Crippen molar-refractivity contribution in [2.24, 2.45) is 0 Å². The Morgan fingerprint density at radius 1 is 1.43 bits per heavy atom. The molecule has 0 spiro atoms. The smallest absolute Gasteiger partial charge is 0.323 e. The van der Waals surface area contributed by atoms with Crippen molar-refractivity contribution in [2.75, 3.05) is 40.3 Å². The highest BCUT2D eigenvalue weighted by molar-refractivity contribution is 5.75. The fourth-order valence-electron chi connectivity index (χ4n) is 3.06. The van der Waals surface area contributed by atoms with Crippen LogP contribution in [-0.4, -0.2) is 74.2 Å². The Kier molecular flexibility index (Phi) is 6.45. The fraction of sp³-hybridized carbons (Fsp3) is 0.938. The maximum Gasteiger partial charge on any atom is 0.323 e. The first-order valence-electron chi connectivity index (χ1n) is 8.41. The molecule has 1 saturated heterocycles. The van der Waals surface area contributed by atoms with Crippen molar-refractivity contribution in [2.45, 2.75) is 57.2 Å². The molecule has 1 heterocycles. The molecule has 2 fully saturated rings. The zero-order valence-corrected chi connectivity index (χ0v) is 13.8. The Morgan fingerprint density at radius 2 is 2.19 bits per heavy atom. The average molecular weight is 297 g/mol. The topological polar surface area (TPSA) is 44.8 Å². The maximum atomic E-state index is 12.0. The largest absolute Gasteiger partial charge is 0.465 e. The number of hydrogen-bond acceptors (Lipinski definition) is 5. The van der Waals surface area contributed by atoms with E-state index in [9.17, 15) is 4.79 Å². The van der Waals surface area contributed by atoms with E-state index in [1.165, 1.54) is 32.2 Å². The molecular formula is C16H31N3O2. The predicted molar refractivity (Wildman–Crippen MR) is 84.3 cm³/mol. The molecule has 5 nitrogen and oxygen atoms in total. The zero-order chi connectivity index (χ0) is 15.2. The van der Waals surface area contributed by atoms with Gasteiger partial charge in [-0.3, -0.25) is 4.79 Å². The van der Waals surface area contributed by atoms with E-state index in [0.717, 1.165) is 19.5 Å². The van der Waals surface area contributed by atoms with Crippen molar-refractivity contribution in [3.05, 3.63) is 0 Å². The van der Waals surface area contributed by atoms with Crippen LogP contribution in [0.15, 0.2) is 0 Å². The fourth-order valence-corrected chi connectivity index (χ4v) is 3.06. The summed E-state index contributed by atoms with van der Waals surface area (Å²) >= 11 is 0. The molecule has 1 aliphatic heterocycles. The van der Waals surface area contributed by atoms with E-state index in [0.29, 0.717) is 18.7 Å². The molecule has 122 valence electrons. The lowest BCUT2D eigenvalue weighted by molar-refractivity contribution is -0.146. The Labute approximate surface area is 129 Å². The van der Waals surface area contributed by atoms with Gasteiger partial charge in [-0.15, -0.1) is 0 Å². The highest BCUT2D eigenvalue weighted by Crippen LogP contribution is 2.21. The minimum atomic E-state index is -0.138. The number of piperidine rings is 1. The van der Waals surface area contributed by atoms with Crippen LogP contribution >= 0.6 is 0 Å². The number of nitrogens with one attached hydrogen (secondary N) is 1. The molecular weight excluding hydrogens is 266 g/mol. The molecule has 21 heavy (non-hydrogen) atoms. The van der Waals surface area contributed by atoms with Crippen molar-refractivity contribution in [1.29, 1.82) is 0 Å². The minimum Gasteiger partial charge on any atom is -0.465 e. The van der Waals surface area contributed by atoms with E-state index in [-0.39, 0.29) is 12.0 Å². The molecule has 2 aliphatic rings. The summed E-state index contributed by atoms with van der Waals surface area (Å²) in [5.74, 6) is -0.0847. The summed E-state index contributed by atoms with van der Waals surface area (Å²) in [6.45, 7) is 5.62. The molecule has 0 amide bonds. The summed E-state index contributed by atoms with van der Waals surface area (Å²) in [5, 5.41) is 3.43. The van der Waals surface area contributed by atoms with E-state index < -0.39 is 0 Å². The quantitative estimate of drug-likeness (QED) is 0.679. The standard InChI is InChI=1S/C16H31N3O2/c1-4-21-16(20)15(17-13-7-8-13)9-11-19(3)14-6-5-10-18(2)12-14/h13-15,17H,4-12H2,1-3H3. The van der Waals surface area contributed by atoms with Crippen LogP contribution < -0.4 is 5.32 Å². The molecule has 2 rings (SSSR count). The number of carbonyl (C=O) groups excluding carboxylic acids is 1.